The van der Waals surface area contributed by atoms with Crippen LogP contribution < -0.4 is 0 Å². The molecular weight excluding hydrogens is 961 g/mol. The third kappa shape index (κ3) is 5.55. The van der Waals surface area contributed by atoms with Crippen LogP contribution in [0.2, 0.25) is 0 Å². The highest BCUT2D eigenvalue weighted by Gasteiger charge is 2.27. The summed E-state index contributed by atoms with van der Waals surface area (Å²) in [5.74, 6) is 1.49. The largest absolute Gasteiger partial charge is 0.456 e. The highest BCUT2D eigenvalue weighted by molar-refractivity contribution is 6.27. The first kappa shape index (κ1) is 41.6. The maximum Gasteiger partial charge on any atom is 0.238 e. The maximum atomic E-state index is 6.61. The Bertz CT molecular complexity index is 5360. The number of hydrogen-bond donors (Lipinski definition) is 0. The van der Waals surface area contributed by atoms with Crippen molar-refractivity contribution in [2.75, 3.05) is 0 Å². The van der Waals surface area contributed by atoms with Crippen LogP contribution in [0.25, 0.3) is 171 Å². The Morgan fingerprint density at radius 1 is 0.244 bits per heavy atom. The molecule has 0 aliphatic rings. The Balaban J connectivity index is 0.983. The summed E-state index contributed by atoms with van der Waals surface area (Å²) >= 11 is 0. The Kier molecular flexibility index (Phi) is 8.21. The van der Waals surface area contributed by atoms with Crippen LogP contribution in [0.15, 0.2) is 244 Å². The molecule has 18 aromatic rings. The third-order valence-corrected chi connectivity index (χ3v) is 16.1. The summed E-state index contributed by atoms with van der Waals surface area (Å²) in [6.07, 6.45) is 0. The lowest BCUT2D eigenvalue weighted by Gasteiger charge is -2.17. The van der Waals surface area contributed by atoms with Gasteiger partial charge in [0.1, 0.15) is 33.5 Å². The smallest absolute Gasteiger partial charge is 0.238 e. The van der Waals surface area contributed by atoms with Gasteiger partial charge in [-0.25, -0.2) is 4.98 Å². The molecule has 7 aromatic heterocycles. The van der Waals surface area contributed by atoms with Crippen molar-refractivity contribution in [1.29, 1.82) is 0 Å². The van der Waals surface area contributed by atoms with Gasteiger partial charge in [0, 0.05) is 59.6 Å². The van der Waals surface area contributed by atoms with Crippen molar-refractivity contribution in [1.82, 2.24) is 28.7 Å². The van der Waals surface area contributed by atoms with Crippen molar-refractivity contribution in [3.05, 3.63) is 231 Å². The summed E-state index contributed by atoms with van der Waals surface area (Å²) in [5, 5.41) is 12.9. The van der Waals surface area contributed by atoms with E-state index in [2.05, 4.69) is 208 Å². The van der Waals surface area contributed by atoms with E-state index < -0.39 is 0 Å². The van der Waals surface area contributed by atoms with Crippen molar-refractivity contribution < 1.29 is 13.3 Å². The molecule has 7 heterocycles. The molecule has 0 N–H and O–H groups in total. The Labute approximate surface area is 441 Å². The molecule has 9 nitrogen and oxygen atoms in total. The fraction of sp³-hybridized carbons (Fsp3) is 0. The molecule has 0 radical (unpaired) electrons. The minimum atomic E-state index is 0.472. The first-order valence-corrected chi connectivity index (χ1v) is 26.2. The SMILES string of the molecule is c1ccc(-n2c3ccccc3c3ccc4oc5ccccc5c4c32)c(-c2nc(-c3ccccc3-n3c4ccccc4c4ccc5oc6ccccc6c5c43)nc(-n3c4ccccc4c4ccc5oc6ccccc6c5c43)n2)c1. The molecule has 78 heavy (non-hydrogen) atoms. The van der Waals surface area contributed by atoms with Gasteiger partial charge in [0.05, 0.1) is 60.6 Å². The van der Waals surface area contributed by atoms with E-state index in [0.717, 1.165) is 154 Å². The molecule has 362 valence electrons. The Morgan fingerprint density at radius 2 is 0.564 bits per heavy atom. The van der Waals surface area contributed by atoms with Crippen LogP contribution in [-0.4, -0.2) is 28.7 Å². The first-order chi connectivity index (χ1) is 38.7. The van der Waals surface area contributed by atoms with E-state index in [4.69, 9.17) is 28.2 Å². The molecule has 0 saturated carbocycles. The number of para-hydroxylation sites is 8. The summed E-state index contributed by atoms with van der Waals surface area (Å²) in [6.45, 7) is 0. The van der Waals surface area contributed by atoms with Crippen LogP contribution in [0.3, 0.4) is 0 Å². The zero-order chi connectivity index (χ0) is 50.7. The van der Waals surface area contributed by atoms with Gasteiger partial charge in [-0.05, 0) is 97.1 Å². The molecule has 0 atom stereocenters. The molecule has 0 amide bonds. The van der Waals surface area contributed by atoms with Crippen molar-refractivity contribution in [2.45, 2.75) is 0 Å². The molecule has 11 aromatic carbocycles. The minimum absolute atomic E-state index is 0.472. The zero-order valence-electron chi connectivity index (χ0n) is 41.3. The molecule has 0 fully saturated rings. The predicted octanol–water partition coefficient (Wildman–Crippen LogP) is 18.2. The average molecular weight is 999 g/mol. The molecule has 0 aliphatic heterocycles. The van der Waals surface area contributed by atoms with E-state index in [9.17, 15) is 0 Å². The van der Waals surface area contributed by atoms with Crippen LogP contribution in [0, 0.1) is 0 Å². The fourth-order valence-electron chi connectivity index (χ4n) is 12.9. The van der Waals surface area contributed by atoms with Crippen molar-refractivity contribution in [3.63, 3.8) is 0 Å². The monoisotopic (exact) mass is 998 g/mol. The maximum absolute atomic E-state index is 6.61. The second-order valence-electron chi connectivity index (χ2n) is 20.2. The zero-order valence-corrected chi connectivity index (χ0v) is 41.3. The van der Waals surface area contributed by atoms with E-state index in [1.54, 1.807) is 0 Å². The molecular formula is C69H38N6O3. The molecule has 9 heteroatoms. The number of fused-ring (bicyclic) bond motifs is 21. The van der Waals surface area contributed by atoms with E-state index >= 15 is 0 Å². The van der Waals surface area contributed by atoms with Gasteiger partial charge in [-0.2, -0.15) is 9.97 Å². The van der Waals surface area contributed by atoms with E-state index in [-0.39, 0.29) is 0 Å². The number of benzene rings is 11. The number of rotatable bonds is 5. The van der Waals surface area contributed by atoms with Crippen molar-refractivity contribution in [2.24, 2.45) is 0 Å². The van der Waals surface area contributed by atoms with Gasteiger partial charge in [0.2, 0.25) is 5.95 Å². The standard InChI is InChI=1S/C69H38N6O3/c1-9-25-50-39(17-1)42-33-36-58-61(47-22-6-14-30-55(47)76-58)64(42)73(50)53-28-12-4-20-45(53)67-70-68(72-69(71-67)75-52-27-11-3-19-41(52)44-35-38-60-63(66(44)75)49-24-8-16-32-57(49)78-60)46-21-5-13-29-54(46)74-51-26-10-2-18-40(51)43-34-37-59-62(65(43)74)48-23-7-15-31-56(48)77-59/h1-38H. The number of aromatic nitrogens is 6. The average Bonchev–Trinajstić information content (AvgIpc) is 4.42. The quantitative estimate of drug-likeness (QED) is 0.171. The van der Waals surface area contributed by atoms with Crippen molar-refractivity contribution in [3.8, 4) is 40.1 Å². The van der Waals surface area contributed by atoms with Crippen LogP contribution in [-0.2, 0) is 0 Å². The summed E-state index contributed by atoms with van der Waals surface area (Å²) in [4.78, 5) is 17.1. The van der Waals surface area contributed by atoms with Gasteiger partial charge in [0.15, 0.2) is 11.6 Å². The topological polar surface area (TPSA) is 92.9 Å². The molecule has 18 rings (SSSR count). The molecule has 0 saturated heterocycles. The van der Waals surface area contributed by atoms with Crippen LogP contribution in [0.5, 0.6) is 0 Å². The van der Waals surface area contributed by atoms with Gasteiger partial charge in [-0.3, -0.25) is 4.57 Å². The van der Waals surface area contributed by atoms with E-state index in [1.165, 1.54) is 0 Å². The normalized spacial score (nSPS) is 12.4. The van der Waals surface area contributed by atoms with Gasteiger partial charge < -0.3 is 22.4 Å². The highest BCUT2D eigenvalue weighted by Crippen LogP contribution is 2.46. The van der Waals surface area contributed by atoms with Crippen LogP contribution in [0.4, 0.5) is 0 Å². The van der Waals surface area contributed by atoms with Gasteiger partial charge in [0.25, 0.3) is 0 Å². The molecule has 0 aliphatic carbocycles. The Morgan fingerprint density at radius 3 is 0.974 bits per heavy atom. The molecule has 0 spiro atoms. The lowest BCUT2D eigenvalue weighted by Crippen LogP contribution is -2.09. The van der Waals surface area contributed by atoms with Crippen LogP contribution in [0.1, 0.15) is 0 Å². The van der Waals surface area contributed by atoms with Gasteiger partial charge >= 0.3 is 0 Å². The summed E-state index contributed by atoms with van der Waals surface area (Å²) < 4.78 is 26.7. The van der Waals surface area contributed by atoms with Crippen molar-refractivity contribution >= 4 is 131 Å². The first-order valence-electron chi connectivity index (χ1n) is 26.2. The predicted molar refractivity (Wildman–Crippen MR) is 316 cm³/mol. The van der Waals surface area contributed by atoms with E-state index in [1.807, 2.05) is 36.4 Å². The minimum Gasteiger partial charge on any atom is -0.456 e. The summed E-state index contributed by atoms with van der Waals surface area (Å²) in [6, 6.07) is 80.5. The number of nitrogens with zero attached hydrogens (tertiary/aromatic N) is 6. The van der Waals surface area contributed by atoms with E-state index in [0.29, 0.717) is 17.6 Å². The summed E-state index contributed by atoms with van der Waals surface area (Å²) in [5.41, 5.74) is 14.5. The lowest BCUT2D eigenvalue weighted by atomic mass is 10.1. The number of hydrogen-bond acceptors (Lipinski definition) is 6. The lowest BCUT2D eigenvalue weighted by molar-refractivity contribution is 0.669. The Hall–Kier alpha value is -10.8. The van der Waals surface area contributed by atoms with Crippen LogP contribution >= 0.6 is 0 Å². The van der Waals surface area contributed by atoms with Gasteiger partial charge in [-0.15, -0.1) is 0 Å². The fourth-order valence-corrected chi connectivity index (χ4v) is 12.9. The molecule has 0 bridgehead atoms. The highest BCUT2D eigenvalue weighted by atomic mass is 16.3. The van der Waals surface area contributed by atoms with Gasteiger partial charge in [-0.1, -0.05) is 133 Å². The second kappa shape index (κ2) is 15.4. The third-order valence-electron chi connectivity index (χ3n) is 16.1. The molecule has 0 unspecified atom stereocenters. The second-order valence-corrected chi connectivity index (χ2v) is 20.2. The summed E-state index contributed by atoms with van der Waals surface area (Å²) in [7, 11) is 0. The number of furan rings is 3.